The number of nitrogens with two attached hydrogens (primary N) is 1. The number of anilines is 1. The van der Waals surface area contributed by atoms with Crippen LogP contribution in [0.1, 0.15) is 24.1 Å². The molecule has 0 fully saturated rings. The largest absolute Gasteiger partial charge is 0.487 e. The second kappa shape index (κ2) is 13.1. The third-order valence-electron chi connectivity index (χ3n) is 6.37. The maximum atomic E-state index is 14.0. The fraction of sp³-hybridized carbons (Fsp3) is 0.233. The number of aromatic amines is 1. The van der Waals surface area contributed by atoms with Gasteiger partial charge >= 0.3 is 0 Å². The van der Waals surface area contributed by atoms with E-state index in [0.29, 0.717) is 29.8 Å². The van der Waals surface area contributed by atoms with Crippen LogP contribution in [0.3, 0.4) is 0 Å². The highest BCUT2D eigenvalue weighted by Crippen LogP contribution is 2.27. The molecule has 0 bridgehead atoms. The number of carbonyl (C=O) groups is 2. The summed E-state index contributed by atoms with van der Waals surface area (Å²) in [6.07, 6.45) is 5.41. The van der Waals surface area contributed by atoms with Crippen molar-refractivity contribution < 1.29 is 23.1 Å². The number of nitrogens with zero attached hydrogens (tertiary/aromatic N) is 2. The molecule has 4 N–H and O–H groups in total. The van der Waals surface area contributed by atoms with Gasteiger partial charge in [0.1, 0.15) is 29.7 Å². The van der Waals surface area contributed by atoms with Crippen LogP contribution < -0.4 is 21.3 Å². The Morgan fingerprint density at radius 2 is 1.95 bits per heavy atom. The summed E-state index contributed by atoms with van der Waals surface area (Å²) >= 11 is 0. The molecule has 0 saturated heterocycles. The fourth-order valence-corrected chi connectivity index (χ4v) is 4.09. The van der Waals surface area contributed by atoms with Gasteiger partial charge in [-0.15, -0.1) is 0 Å². The monoisotopic (exact) mass is 563 g/mol. The number of para-hydroxylation sites is 1. The zero-order chi connectivity index (χ0) is 29.5. The highest BCUT2D eigenvalue weighted by molar-refractivity contribution is 5.94. The Bertz CT molecular complexity index is 1640. The van der Waals surface area contributed by atoms with E-state index < -0.39 is 29.1 Å². The number of H-pyrrole nitrogens is 1. The van der Waals surface area contributed by atoms with Gasteiger partial charge in [-0.1, -0.05) is 18.2 Å². The number of ether oxygens (including phenoxy) is 1. The van der Waals surface area contributed by atoms with Crippen LogP contribution in [-0.2, 0) is 22.7 Å². The van der Waals surface area contributed by atoms with Gasteiger partial charge in [0.05, 0.1) is 18.1 Å². The molecule has 0 aliphatic heterocycles. The Labute approximate surface area is 235 Å². The summed E-state index contributed by atoms with van der Waals surface area (Å²) in [4.78, 5) is 41.9. The van der Waals surface area contributed by atoms with E-state index in [2.05, 4.69) is 10.3 Å². The van der Waals surface area contributed by atoms with Gasteiger partial charge in [-0.05, 0) is 55.3 Å². The van der Waals surface area contributed by atoms with Crippen LogP contribution in [0, 0.1) is 11.6 Å². The van der Waals surface area contributed by atoms with E-state index in [1.54, 1.807) is 44.6 Å². The number of hydrogen-bond donors (Lipinski definition) is 3. The van der Waals surface area contributed by atoms with E-state index >= 15 is 0 Å². The maximum Gasteiger partial charge on any atom is 0.274 e. The summed E-state index contributed by atoms with van der Waals surface area (Å²) in [5.41, 5.74) is 7.24. The number of amides is 2. The maximum absolute atomic E-state index is 14.0. The summed E-state index contributed by atoms with van der Waals surface area (Å²) in [7, 11) is 3.29. The van der Waals surface area contributed by atoms with Gasteiger partial charge in [-0.25, -0.2) is 8.78 Å². The van der Waals surface area contributed by atoms with E-state index in [1.165, 1.54) is 33.7 Å². The quantitative estimate of drug-likeness (QED) is 0.239. The summed E-state index contributed by atoms with van der Waals surface area (Å²) < 4.78 is 34.5. The summed E-state index contributed by atoms with van der Waals surface area (Å²) in [5.74, 6) is -1.54. The number of carbonyl (C=O) groups excluding carboxylic acids is 2. The minimum Gasteiger partial charge on any atom is -0.487 e. The predicted molar refractivity (Wildman–Crippen MR) is 152 cm³/mol. The lowest BCUT2D eigenvalue weighted by Gasteiger charge is -2.12. The Morgan fingerprint density at radius 3 is 2.71 bits per heavy atom. The number of allylic oxidation sites excluding steroid dienone is 1. The van der Waals surface area contributed by atoms with Crippen LogP contribution in [0.4, 0.5) is 14.5 Å². The smallest absolute Gasteiger partial charge is 0.274 e. The van der Waals surface area contributed by atoms with E-state index in [0.717, 1.165) is 11.5 Å². The zero-order valence-corrected chi connectivity index (χ0v) is 22.7. The van der Waals surface area contributed by atoms with Crippen LogP contribution in [0.5, 0.6) is 5.75 Å². The van der Waals surface area contributed by atoms with Crippen molar-refractivity contribution in [1.82, 2.24) is 14.5 Å². The van der Waals surface area contributed by atoms with Crippen LogP contribution in [-0.4, -0.2) is 46.4 Å². The third kappa shape index (κ3) is 7.46. The first-order valence-corrected chi connectivity index (χ1v) is 12.9. The number of rotatable bonds is 11. The molecule has 11 heteroatoms. The van der Waals surface area contributed by atoms with Gasteiger partial charge in [0.25, 0.3) is 5.56 Å². The lowest BCUT2D eigenvalue weighted by Crippen LogP contribution is -2.37. The Hall–Kier alpha value is -4.77. The molecule has 2 aromatic heterocycles. The number of aromatic nitrogens is 2. The molecule has 1 atom stereocenters. The lowest BCUT2D eigenvalue weighted by atomic mass is 10.1. The molecule has 0 aliphatic carbocycles. The average Bonchev–Trinajstić information content (AvgIpc) is 3.35. The minimum absolute atomic E-state index is 0.0899. The molecule has 0 saturated carbocycles. The molecule has 214 valence electrons. The topological polar surface area (TPSA) is 122 Å². The standard InChI is InChI=1S/C30H31F2N5O4/c1-36(2)27(38)11-4-3-8-24(33)29(39)35-25-9-6-14-37(30(25)40)17-22-15-19-7-5-10-26(28(19)34-22)41-18-20-12-13-21(31)16-23(20)32/h4-7,9-16,24,34H,3,8,17-18,33H2,1-2H3,(H,35,39)/b11-4+. The molecule has 1 unspecified atom stereocenters. The van der Waals surface area contributed by atoms with Crippen LogP contribution in [0.15, 0.2) is 77.7 Å². The van der Waals surface area contributed by atoms with Gasteiger partial charge < -0.3 is 30.2 Å². The second-order valence-corrected chi connectivity index (χ2v) is 9.70. The highest BCUT2D eigenvalue weighted by Gasteiger charge is 2.16. The summed E-state index contributed by atoms with van der Waals surface area (Å²) in [6.45, 7) is 0.0907. The number of hydrogen-bond acceptors (Lipinski definition) is 5. The number of fused-ring (bicyclic) bond motifs is 1. The van der Waals surface area contributed by atoms with Crippen molar-refractivity contribution in [3.05, 3.63) is 106 Å². The SMILES string of the molecule is CN(C)C(=O)/C=C/CCC(N)C(=O)Nc1cccn(Cc2cc3cccc(OCc4ccc(F)cc4F)c3[nH]2)c1=O. The Balaban J connectivity index is 1.42. The van der Waals surface area contributed by atoms with E-state index in [-0.39, 0.29) is 30.3 Å². The number of pyridine rings is 1. The van der Waals surface area contributed by atoms with Gasteiger partial charge in [-0.3, -0.25) is 14.4 Å². The van der Waals surface area contributed by atoms with Crippen molar-refractivity contribution in [2.45, 2.75) is 32.0 Å². The minimum atomic E-state index is -0.863. The molecule has 4 rings (SSSR count). The first-order chi connectivity index (χ1) is 19.6. The first-order valence-electron chi connectivity index (χ1n) is 12.9. The molecule has 0 radical (unpaired) electrons. The van der Waals surface area contributed by atoms with Crippen molar-refractivity contribution in [3.8, 4) is 5.75 Å². The molecule has 0 aliphatic rings. The molecule has 4 aromatic rings. The van der Waals surface area contributed by atoms with E-state index in [9.17, 15) is 23.2 Å². The van der Waals surface area contributed by atoms with Gasteiger partial charge in [0.15, 0.2) is 0 Å². The first kappa shape index (κ1) is 29.2. The average molecular weight is 564 g/mol. The highest BCUT2D eigenvalue weighted by atomic mass is 19.1. The summed E-state index contributed by atoms with van der Waals surface area (Å²) in [5, 5.41) is 3.42. The van der Waals surface area contributed by atoms with Crippen molar-refractivity contribution in [1.29, 1.82) is 0 Å². The number of benzene rings is 2. The predicted octanol–water partition coefficient (Wildman–Crippen LogP) is 3.93. The van der Waals surface area contributed by atoms with Crippen molar-refractivity contribution in [3.63, 3.8) is 0 Å². The third-order valence-corrected chi connectivity index (χ3v) is 6.37. The molecule has 2 amide bonds. The lowest BCUT2D eigenvalue weighted by molar-refractivity contribution is -0.123. The molecule has 9 nitrogen and oxygen atoms in total. The Kier molecular flexibility index (Phi) is 9.30. The zero-order valence-electron chi connectivity index (χ0n) is 22.7. The number of nitrogens with one attached hydrogen (secondary N) is 2. The van der Waals surface area contributed by atoms with Crippen LogP contribution in [0.2, 0.25) is 0 Å². The van der Waals surface area contributed by atoms with Crippen molar-refractivity contribution in [2.24, 2.45) is 5.73 Å². The summed E-state index contributed by atoms with van der Waals surface area (Å²) in [6, 6.07) is 12.9. The van der Waals surface area contributed by atoms with Gasteiger partial charge in [-0.2, -0.15) is 0 Å². The van der Waals surface area contributed by atoms with Crippen molar-refractivity contribution >= 4 is 28.4 Å². The van der Waals surface area contributed by atoms with Gasteiger partial charge in [0, 0.05) is 43.0 Å². The Morgan fingerprint density at radius 1 is 1.15 bits per heavy atom. The van der Waals surface area contributed by atoms with Crippen molar-refractivity contribution in [2.75, 3.05) is 19.4 Å². The fourth-order valence-electron chi connectivity index (χ4n) is 4.09. The van der Waals surface area contributed by atoms with Crippen LogP contribution >= 0.6 is 0 Å². The van der Waals surface area contributed by atoms with Crippen LogP contribution in [0.25, 0.3) is 10.9 Å². The van der Waals surface area contributed by atoms with E-state index in [4.69, 9.17) is 10.5 Å². The number of likely N-dealkylation sites (N-methyl/N-ethyl adjacent to an activating group) is 1. The molecule has 2 aromatic carbocycles. The molecule has 0 spiro atoms. The molecular formula is C30H31F2N5O4. The second-order valence-electron chi connectivity index (χ2n) is 9.70. The molecular weight excluding hydrogens is 532 g/mol. The molecule has 41 heavy (non-hydrogen) atoms. The van der Waals surface area contributed by atoms with Gasteiger partial charge in [0.2, 0.25) is 11.8 Å². The van der Waals surface area contributed by atoms with E-state index in [1.807, 2.05) is 12.1 Å². The number of halogens is 2. The normalized spacial score (nSPS) is 12.0. The molecule has 2 heterocycles.